The van der Waals surface area contributed by atoms with Crippen molar-refractivity contribution in [2.75, 3.05) is 7.11 Å². The van der Waals surface area contributed by atoms with Crippen LogP contribution in [0.2, 0.25) is 0 Å². The molecule has 0 spiro atoms. The summed E-state index contributed by atoms with van der Waals surface area (Å²) in [4.78, 5) is 38.1. The van der Waals surface area contributed by atoms with Gasteiger partial charge in [0.15, 0.2) is 17.2 Å². The van der Waals surface area contributed by atoms with Crippen molar-refractivity contribution < 1.29 is 39.5 Å². The molecule has 0 aromatic heterocycles. The van der Waals surface area contributed by atoms with Crippen molar-refractivity contribution in [2.45, 2.75) is 44.6 Å². The average Bonchev–Trinajstić information content (AvgIpc) is 2.86. The van der Waals surface area contributed by atoms with E-state index in [0.29, 0.717) is 24.8 Å². The fourth-order valence-electron chi connectivity index (χ4n) is 6.10. The summed E-state index contributed by atoms with van der Waals surface area (Å²) in [6.45, 7) is 1.09. The third-order valence-corrected chi connectivity index (χ3v) is 7.99. The van der Waals surface area contributed by atoms with Gasteiger partial charge in [0, 0.05) is 17.9 Å². The highest BCUT2D eigenvalue weighted by Gasteiger charge is 2.60. The van der Waals surface area contributed by atoms with E-state index in [1.165, 1.54) is 6.07 Å². The molecule has 192 valence electrons. The lowest BCUT2D eigenvalue weighted by atomic mass is 9.59. The van der Waals surface area contributed by atoms with Crippen LogP contribution in [0.3, 0.4) is 0 Å². The summed E-state index contributed by atoms with van der Waals surface area (Å²) < 4.78 is 5.20. The van der Waals surface area contributed by atoms with Gasteiger partial charge in [-0.15, -0.1) is 0 Å². The number of fused-ring (bicyclic) bond motifs is 3. The molecule has 0 bridgehead atoms. The number of ketones is 3. The SMILES string of the molecule is COc1ccc(CCc2ccc(O)c3c2CC2CC4CC(=O)C(C(C)=O)=C(O)C4(O)C(=O)C2=C3O)cc1. The van der Waals surface area contributed by atoms with Gasteiger partial charge in [-0.25, -0.2) is 0 Å². The molecule has 3 aliphatic rings. The van der Waals surface area contributed by atoms with Crippen molar-refractivity contribution in [2.24, 2.45) is 11.8 Å². The van der Waals surface area contributed by atoms with E-state index in [0.717, 1.165) is 23.8 Å². The largest absolute Gasteiger partial charge is 0.508 e. The predicted molar refractivity (Wildman–Crippen MR) is 133 cm³/mol. The van der Waals surface area contributed by atoms with Gasteiger partial charge in [0.2, 0.25) is 5.78 Å². The van der Waals surface area contributed by atoms with Crippen LogP contribution < -0.4 is 4.74 Å². The van der Waals surface area contributed by atoms with Crippen LogP contribution in [-0.2, 0) is 33.6 Å². The molecule has 1 saturated carbocycles. The minimum atomic E-state index is -2.48. The summed E-state index contributed by atoms with van der Waals surface area (Å²) in [5.41, 5.74) is -0.318. The van der Waals surface area contributed by atoms with Crippen molar-refractivity contribution in [1.82, 2.24) is 0 Å². The number of aryl methyl sites for hydroxylation is 2. The lowest BCUT2D eigenvalue weighted by Crippen LogP contribution is -2.57. The van der Waals surface area contributed by atoms with Crippen LogP contribution in [0.15, 0.2) is 53.3 Å². The average molecular weight is 505 g/mol. The number of hydrogen-bond donors (Lipinski definition) is 4. The van der Waals surface area contributed by atoms with Gasteiger partial charge in [-0.3, -0.25) is 14.4 Å². The number of phenolic OH excluding ortho intramolecular Hbond substituents is 1. The highest BCUT2D eigenvalue weighted by atomic mass is 16.5. The summed E-state index contributed by atoms with van der Waals surface area (Å²) in [5, 5.41) is 44.0. The minimum Gasteiger partial charge on any atom is -0.508 e. The molecule has 4 N–H and O–H groups in total. The highest BCUT2D eigenvalue weighted by Crippen LogP contribution is 2.52. The number of benzene rings is 2. The Balaban J connectivity index is 1.54. The smallest absolute Gasteiger partial charge is 0.202 e. The Morgan fingerprint density at radius 3 is 2.38 bits per heavy atom. The maximum absolute atomic E-state index is 13.6. The number of methoxy groups -OCH3 is 1. The molecule has 0 saturated heterocycles. The second-order valence-corrected chi connectivity index (χ2v) is 10.0. The molecule has 5 rings (SSSR count). The Morgan fingerprint density at radius 2 is 1.73 bits per heavy atom. The van der Waals surface area contributed by atoms with Crippen molar-refractivity contribution in [3.63, 3.8) is 0 Å². The van der Waals surface area contributed by atoms with Crippen molar-refractivity contribution >= 4 is 23.1 Å². The molecule has 3 unspecified atom stereocenters. The summed E-state index contributed by atoms with van der Waals surface area (Å²) in [5.74, 6) is -4.58. The van der Waals surface area contributed by atoms with Gasteiger partial charge in [0.1, 0.15) is 28.6 Å². The molecule has 8 nitrogen and oxygen atoms in total. The fourth-order valence-corrected chi connectivity index (χ4v) is 6.10. The van der Waals surface area contributed by atoms with Gasteiger partial charge in [-0.1, -0.05) is 18.2 Å². The third kappa shape index (κ3) is 3.74. The molecular weight excluding hydrogens is 476 g/mol. The number of allylic oxidation sites excluding steroid dienone is 1. The van der Waals surface area contributed by atoms with Crippen LogP contribution in [0.5, 0.6) is 11.5 Å². The van der Waals surface area contributed by atoms with Crippen LogP contribution in [0.25, 0.3) is 5.76 Å². The monoisotopic (exact) mass is 504 g/mol. The lowest BCUT2D eigenvalue weighted by molar-refractivity contribution is -0.147. The molecule has 3 aliphatic carbocycles. The Bertz CT molecular complexity index is 1400. The molecule has 0 aliphatic heterocycles. The van der Waals surface area contributed by atoms with Crippen molar-refractivity contribution in [3.8, 4) is 11.5 Å². The number of phenols is 1. The normalized spacial score (nSPS) is 24.9. The van der Waals surface area contributed by atoms with Crippen LogP contribution in [0.4, 0.5) is 0 Å². The fraction of sp³-hybridized carbons (Fsp3) is 0.345. The quantitative estimate of drug-likeness (QED) is 0.455. The molecule has 2 aromatic carbocycles. The van der Waals surface area contributed by atoms with Gasteiger partial charge in [0.25, 0.3) is 0 Å². The van der Waals surface area contributed by atoms with Gasteiger partial charge in [-0.2, -0.15) is 0 Å². The molecule has 1 fully saturated rings. The first kappa shape index (κ1) is 24.8. The first-order valence-electron chi connectivity index (χ1n) is 12.2. The van der Waals surface area contributed by atoms with Gasteiger partial charge in [-0.05, 0) is 73.4 Å². The molecule has 8 heteroatoms. The van der Waals surface area contributed by atoms with E-state index in [1.54, 1.807) is 13.2 Å². The molecule has 37 heavy (non-hydrogen) atoms. The number of hydrogen-bond acceptors (Lipinski definition) is 8. The highest BCUT2D eigenvalue weighted by molar-refractivity contribution is 6.23. The Kier molecular flexibility index (Phi) is 5.95. The zero-order valence-electron chi connectivity index (χ0n) is 20.6. The zero-order chi connectivity index (χ0) is 26.6. The third-order valence-electron chi connectivity index (χ3n) is 7.99. The second kappa shape index (κ2) is 8.88. The van der Waals surface area contributed by atoms with E-state index in [4.69, 9.17) is 4.74 Å². The van der Waals surface area contributed by atoms with E-state index in [2.05, 4.69) is 0 Å². The number of ether oxygens (including phenoxy) is 1. The van der Waals surface area contributed by atoms with E-state index < -0.39 is 51.9 Å². The van der Waals surface area contributed by atoms with Crippen LogP contribution in [0, 0.1) is 11.8 Å². The maximum Gasteiger partial charge on any atom is 0.202 e. The predicted octanol–water partition coefficient (Wildman–Crippen LogP) is 3.32. The lowest BCUT2D eigenvalue weighted by Gasteiger charge is -2.46. The summed E-state index contributed by atoms with van der Waals surface area (Å²) in [6, 6.07) is 11.0. The molecule has 2 aromatic rings. The molecule has 3 atom stereocenters. The number of aliphatic hydroxyl groups excluding tert-OH is 2. The molecule has 0 radical (unpaired) electrons. The van der Waals surface area contributed by atoms with Crippen LogP contribution >= 0.6 is 0 Å². The number of rotatable bonds is 5. The number of carbonyl (C=O) groups is 3. The molecule has 0 amide bonds. The van der Waals surface area contributed by atoms with Crippen LogP contribution in [0.1, 0.15) is 42.0 Å². The van der Waals surface area contributed by atoms with Gasteiger partial charge >= 0.3 is 0 Å². The van der Waals surface area contributed by atoms with E-state index in [-0.39, 0.29) is 29.7 Å². The summed E-state index contributed by atoms with van der Waals surface area (Å²) in [6.07, 6.45) is 1.53. The molecular formula is C29H28O8. The van der Waals surface area contributed by atoms with E-state index >= 15 is 0 Å². The molecule has 0 heterocycles. The zero-order valence-corrected chi connectivity index (χ0v) is 20.6. The first-order valence-corrected chi connectivity index (χ1v) is 12.2. The second-order valence-electron chi connectivity index (χ2n) is 10.0. The van der Waals surface area contributed by atoms with E-state index in [9.17, 15) is 34.8 Å². The maximum atomic E-state index is 13.6. The number of aromatic hydroxyl groups is 1. The number of Topliss-reactive ketones (excluding diaryl/α,β-unsaturated/α-hetero) is 3. The van der Waals surface area contributed by atoms with Crippen molar-refractivity contribution in [1.29, 1.82) is 0 Å². The Hall–Kier alpha value is -3.91. The van der Waals surface area contributed by atoms with Crippen molar-refractivity contribution in [3.05, 3.63) is 75.6 Å². The van der Waals surface area contributed by atoms with Gasteiger partial charge < -0.3 is 25.2 Å². The summed E-state index contributed by atoms with van der Waals surface area (Å²) in [7, 11) is 1.60. The Labute approximate surface area is 213 Å². The minimum absolute atomic E-state index is 0.0994. The first-order chi connectivity index (χ1) is 17.6. The van der Waals surface area contributed by atoms with Gasteiger partial charge in [0.05, 0.1) is 12.7 Å². The topological polar surface area (TPSA) is 141 Å². The standard InChI is InChI=1S/C29H28O8/c1-14(30)23-22(32)13-18-11-17-12-20-16(6-3-15-4-8-19(37-2)9-5-15)7-10-21(31)25(20)26(33)24(17)28(35)29(18,36)27(23)34/h4-5,7-10,17-18,31,33-34,36H,3,6,11-13H2,1-2H3. The van der Waals surface area contributed by atoms with E-state index in [1.807, 2.05) is 24.3 Å². The number of aliphatic hydroxyl groups is 3. The Morgan fingerprint density at radius 1 is 1.03 bits per heavy atom. The van der Waals surface area contributed by atoms with Crippen LogP contribution in [-0.4, -0.2) is 50.5 Å². The summed E-state index contributed by atoms with van der Waals surface area (Å²) >= 11 is 0. The number of carbonyl (C=O) groups excluding carboxylic acids is 3.